The zero-order valence-electron chi connectivity index (χ0n) is 12.2. The molecule has 1 fully saturated rings. The molecule has 0 aliphatic carbocycles. The molecule has 0 spiro atoms. The summed E-state index contributed by atoms with van der Waals surface area (Å²) in [4.78, 5) is 0. The molecule has 1 aliphatic rings. The van der Waals surface area contributed by atoms with Gasteiger partial charge in [0.25, 0.3) is 10.2 Å². The first-order valence-corrected chi connectivity index (χ1v) is 8.22. The van der Waals surface area contributed by atoms with Gasteiger partial charge in [-0.15, -0.1) is 0 Å². The van der Waals surface area contributed by atoms with Crippen molar-refractivity contribution in [2.75, 3.05) is 20.7 Å². The van der Waals surface area contributed by atoms with E-state index in [0.717, 1.165) is 18.4 Å². The van der Waals surface area contributed by atoms with Crippen molar-refractivity contribution in [2.24, 2.45) is 0 Å². The zero-order chi connectivity index (χ0) is 14.8. The Morgan fingerprint density at radius 3 is 2.50 bits per heavy atom. The molecule has 1 saturated heterocycles. The van der Waals surface area contributed by atoms with Crippen LogP contribution >= 0.6 is 0 Å². The van der Waals surface area contributed by atoms with Crippen LogP contribution in [0.25, 0.3) is 0 Å². The van der Waals surface area contributed by atoms with Crippen LogP contribution < -0.4 is 4.72 Å². The molecule has 6 heteroatoms. The van der Waals surface area contributed by atoms with E-state index in [2.05, 4.69) is 4.72 Å². The van der Waals surface area contributed by atoms with Gasteiger partial charge in [-0.2, -0.15) is 17.4 Å². The van der Waals surface area contributed by atoms with Crippen LogP contribution in [0.2, 0.25) is 0 Å². The molecule has 0 bridgehead atoms. The molecule has 1 aliphatic heterocycles. The molecule has 1 N–H and O–H groups in total. The lowest BCUT2D eigenvalue weighted by atomic mass is 9.96. The van der Waals surface area contributed by atoms with Crippen LogP contribution in [-0.2, 0) is 14.9 Å². The molecule has 1 aromatic rings. The monoisotopic (exact) mass is 298 g/mol. The van der Waals surface area contributed by atoms with Gasteiger partial charge >= 0.3 is 0 Å². The van der Waals surface area contributed by atoms with E-state index in [-0.39, 0.29) is 12.1 Å². The summed E-state index contributed by atoms with van der Waals surface area (Å²) in [5, 5.41) is 0. The first-order chi connectivity index (χ1) is 9.40. The van der Waals surface area contributed by atoms with Crippen LogP contribution in [0.4, 0.5) is 0 Å². The molecule has 0 unspecified atom stereocenters. The molecular formula is C14H22N2O3S. The van der Waals surface area contributed by atoms with Gasteiger partial charge < -0.3 is 4.74 Å². The molecule has 2 rings (SSSR count). The summed E-state index contributed by atoms with van der Waals surface area (Å²) in [6, 6.07) is 7.82. The smallest absolute Gasteiger partial charge is 0.279 e. The van der Waals surface area contributed by atoms with Crippen LogP contribution in [0.5, 0.6) is 0 Å². The fourth-order valence-electron chi connectivity index (χ4n) is 2.28. The van der Waals surface area contributed by atoms with Crippen LogP contribution in [-0.4, -0.2) is 39.5 Å². The molecule has 1 heterocycles. The van der Waals surface area contributed by atoms with Crippen molar-refractivity contribution in [1.29, 1.82) is 0 Å². The van der Waals surface area contributed by atoms with Crippen molar-refractivity contribution < 1.29 is 13.2 Å². The van der Waals surface area contributed by atoms with Gasteiger partial charge in [0.15, 0.2) is 0 Å². The Kier molecular flexibility index (Phi) is 4.80. The third-order valence-electron chi connectivity index (χ3n) is 3.51. The quantitative estimate of drug-likeness (QED) is 0.919. The maximum absolute atomic E-state index is 12.0. The Balaban J connectivity index is 2.19. The number of nitrogens with one attached hydrogen (secondary N) is 1. The third-order valence-corrected chi connectivity index (χ3v) is 5.07. The Hall–Kier alpha value is -0.950. The van der Waals surface area contributed by atoms with Crippen molar-refractivity contribution in [3.63, 3.8) is 0 Å². The van der Waals surface area contributed by atoms with Crippen molar-refractivity contribution in [3.8, 4) is 0 Å². The number of nitrogens with zero attached hydrogens (tertiary/aromatic N) is 1. The minimum atomic E-state index is -3.44. The van der Waals surface area contributed by atoms with Gasteiger partial charge in [-0.05, 0) is 25.3 Å². The summed E-state index contributed by atoms with van der Waals surface area (Å²) >= 11 is 0. The lowest BCUT2D eigenvalue weighted by molar-refractivity contribution is -0.00473. The highest BCUT2D eigenvalue weighted by molar-refractivity contribution is 7.87. The minimum absolute atomic E-state index is 0.223. The van der Waals surface area contributed by atoms with Gasteiger partial charge in [-0.25, -0.2) is 0 Å². The summed E-state index contributed by atoms with van der Waals surface area (Å²) in [6.45, 7) is 2.69. The minimum Gasteiger partial charge on any atom is -0.372 e. The molecule has 20 heavy (non-hydrogen) atoms. The Morgan fingerprint density at radius 1 is 1.25 bits per heavy atom. The highest BCUT2D eigenvalue weighted by atomic mass is 32.2. The second-order valence-corrected chi connectivity index (χ2v) is 7.27. The van der Waals surface area contributed by atoms with Crippen molar-refractivity contribution >= 4 is 10.2 Å². The predicted octanol–water partition coefficient (Wildman–Crippen LogP) is 1.61. The third kappa shape index (κ3) is 3.58. The first kappa shape index (κ1) is 15.4. The van der Waals surface area contributed by atoms with E-state index >= 15 is 0 Å². The number of ether oxygens (including phenoxy) is 1. The fourth-order valence-corrected chi connectivity index (χ4v) is 3.12. The largest absolute Gasteiger partial charge is 0.372 e. The lowest BCUT2D eigenvalue weighted by Crippen LogP contribution is -2.47. The summed E-state index contributed by atoms with van der Waals surface area (Å²) in [7, 11) is -0.402. The van der Waals surface area contributed by atoms with Crippen molar-refractivity contribution in [1.82, 2.24) is 9.03 Å². The molecule has 0 aromatic heterocycles. The molecule has 5 nitrogen and oxygen atoms in total. The van der Waals surface area contributed by atoms with E-state index in [1.165, 1.54) is 24.0 Å². The molecule has 2 atom stereocenters. The number of hydrogen-bond donors (Lipinski definition) is 1. The Labute approximate surface area is 121 Å². The van der Waals surface area contributed by atoms with Gasteiger partial charge in [-0.3, -0.25) is 0 Å². The van der Waals surface area contributed by atoms with Gasteiger partial charge in [-0.1, -0.05) is 29.8 Å². The standard InChI is InChI=1S/C14H22N2O3S/c1-11-6-8-12(9-7-11)14-13(5-4-10-19-14)15-20(17,18)16(2)3/h6-9,13-15H,4-5,10H2,1-3H3/t13-,14-/m1/s1. The first-order valence-electron chi connectivity index (χ1n) is 6.78. The van der Waals surface area contributed by atoms with Crippen LogP contribution in [0.15, 0.2) is 24.3 Å². The second kappa shape index (κ2) is 6.22. The van der Waals surface area contributed by atoms with E-state index in [0.29, 0.717) is 6.61 Å². The maximum atomic E-state index is 12.0. The summed E-state index contributed by atoms with van der Waals surface area (Å²) in [5.74, 6) is 0. The topological polar surface area (TPSA) is 58.6 Å². The van der Waals surface area contributed by atoms with Crippen molar-refractivity contribution in [2.45, 2.75) is 31.9 Å². The zero-order valence-corrected chi connectivity index (χ0v) is 13.0. The highest BCUT2D eigenvalue weighted by Gasteiger charge is 2.31. The SMILES string of the molecule is Cc1ccc([C@H]2OCCC[C@H]2NS(=O)(=O)N(C)C)cc1. The van der Waals surface area contributed by atoms with E-state index in [1.54, 1.807) is 0 Å². The lowest BCUT2D eigenvalue weighted by Gasteiger charge is -2.33. The summed E-state index contributed by atoms with van der Waals surface area (Å²) in [6.07, 6.45) is 1.42. The van der Waals surface area contributed by atoms with E-state index < -0.39 is 10.2 Å². The predicted molar refractivity (Wildman–Crippen MR) is 78.6 cm³/mol. The average molecular weight is 298 g/mol. The fraction of sp³-hybridized carbons (Fsp3) is 0.571. The second-order valence-electron chi connectivity index (χ2n) is 5.36. The van der Waals surface area contributed by atoms with E-state index in [9.17, 15) is 8.42 Å². The van der Waals surface area contributed by atoms with Crippen molar-refractivity contribution in [3.05, 3.63) is 35.4 Å². The van der Waals surface area contributed by atoms with Crippen LogP contribution in [0.1, 0.15) is 30.1 Å². The van der Waals surface area contributed by atoms with Gasteiger partial charge in [0, 0.05) is 20.7 Å². The van der Waals surface area contributed by atoms with E-state index in [1.807, 2.05) is 31.2 Å². The number of rotatable bonds is 4. The van der Waals surface area contributed by atoms with Gasteiger partial charge in [0.2, 0.25) is 0 Å². The Bertz CT molecular complexity index is 540. The molecular weight excluding hydrogens is 276 g/mol. The highest BCUT2D eigenvalue weighted by Crippen LogP contribution is 2.29. The van der Waals surface area contributed by atoms with Gasteiger partial charge in [0.1, 0.15) is 0 Å². The average Bonchev–Trinajstić information content (AvgIpc) is 2.40. The summed E-state index contributed by atoms with van der Waals surface area (Å²) in [5.41, 5.74) is 2.19. The van der Waals surface area contributed by atoms with E-state index in [4.69, 9.17) is 4.74 Å². The molecule has 0 amide bonds. The molecule has 0 saturated carbocycles. The summed E-state index contributed by atoms with van der Waals surface area (Å²) < 4.78 is 33.7. The molecule has 112 valence electrons. The number of aryl methyl sites for hydroxylation is 1. The normalized spacial score (nSPS) is 24.0. The van der Waals surface area contributed by atoms with Crippen LogP contribution in [0.3, 0.4) is 0 Å². The molecule has 1 aromatic carbocycles. The number of benzene rings is 1. The Morgan fingerprint density at radius 2 is 1.90 bits per heavy atom. The molecule has 0 radical (unpaired) electrons. The number of hydrogen-bond acceptors (Lipinski definition) is 3. The maximum Gasteiger partial charge on any atom is 0.279 e. The van der Waals surface area contributed by atoms with Gasteiger partial charge in [0.05, 0.1) is 12.1 Å². The van der Waals surface area contributed by atoms with Crippen LogP contribution in [0, 0.1) is 6.92 Å².